The van der Waals surface area contributed by atoms with Crippen LogP contribution in [0.5, 0.6) is 5.75 Å². The quantitative estimate of drug-likeness (QED) is 0.318. The standard InChI is InChI=1S/C21H28N3O7P/c1-2-3-4-7-12-28-20(25)17-8-5-6-9-18(17)31-32(27)15-29-16(14-30-32)13-24-11-10-19(22)23-21(24)26/h5-6,8-11,16H,2-4,7,12-15H2,1H3,(H2,22,23,26). The maximum atomic E-state index is 13.0. The molecule has 174 valence electrons. The van der Waals surface area contributed by atoms with Crippen molar-refractivity contribution >= 4 is 19.7 Å². The Kier molecular flexibility index (Phi) is 8.58. The van der Waals surface area contributed by atoms with Crippen LogP contribution in [0.4, 0.5) is 5.82 Å². The maximum absolute atomic E-state index is 13.0. The number of ether oxygens (including phenoxy) is 2. The lowest BCUT2D eigenvalue weighted by molar-refractivity contribution is -0.229. The molecular formula is C21H28N3O7P. The van der Waals surface area contributed by atoms with Crippen LogP contribution in [0.1, 0.15) is 43.0 Å². The van der Waals surface area contributed by atoms with E-state index in [1.807, 2.05) is 0 Å². The normalized spacial score (nSPS) is 20.6. The highest BCUT2D eigenvalue weighted by Crippen LogP contribution is 2.55. The zero-order chi connectivity index (χ0) is 23.0. The van der Waals surface area contributed by atoms with Crippen LogP contribution in [0.25, 0.3) is 0 Å². The molecule has 1 aliphatic heterocycles. The molecule has 0 aliphatic carbocycles. The van der Waals surface area contributed by atoms with Crippen molar-refractivity contribution < 1.29 is 28.2 Å². The van der Waals surface area contributed by atoms with E-state index < -0.39 is 25.7 Å². The zero-order valence-corrected chi connectivity index (χ0v) is 18.9. The molecule has 1 aromatic heterocycles. The Balaban J connectivity index is 1.56. The number of carbonyl (C=O) groups excluding carboxylic acids is 1. The van der Waals surface area contributed by atoms with Crippen LogP contribution in [0.3, 0.4) is 0 Å². The fourth-order valence-corrected chi connectivity index (χ4v) is 4.50. The highest BCUT2D eigenvalue weighted by atomic mass is 31.2. The Morgan fingerprint density at radius 1 is 1.31 bits per heavy atom. The van der Waals surface area contributed by atoms with Crippen LogP contribution >= 0.6 is 7.94 Å². The Bertz CT molecular complexity index is 960. The van der Waals surface area contributed by atoms with Crippen LogP contribution in [0, 0.1) is 0 Å². The van der Waals surface area contributed by atoms with Gasteiger partial charge in [-0.3, -0.25) is 4.57 Å². The molecule has 2 atom stereocenters. The summed E-state index contributed by atoms with van der Waals surface area (Å²) >= 11 is 0. The van der Waals surface area contributed by atoms with Crippen LogP contribution in [-0.4, -0.2) is 41.2 Å². The number of benzene rings is 1. The summed E-state index contributed by atoms with van der Waals surface area (Å²) in [5.74, 6) is -0.312. The molecule has 2 heterocycles. The largest absolute Gasteiger partial charge is 0.622 e. The van der Waals surface area contributed by atoms with Gasteiger partial charge in [-0.05, 0) is 24.6 Å². The summed E-state index contributed by atoms with van der Waals surface area (Å²) in [5, 5.41) is 0. The summed E-state index contributed by atoms with van der Waals surface area (Å²) in [6.07, 6.45) is 4.61. The van der Waals surface area contributed by atoms with Crippen molar-refractivity contribution in [3.8, 4) is 5.75 Å². The Morgan fingerprint density at radius 2 is 2.12 bits per heavy atom. The van der Waals surface area contributed by atoms with E-state index in [1.165, 1.54) is 22.9 Å². The monoisotopic (exact) mass is 465 g/mol. The molecule has 1 fully saturated rings. The highest BCUT2D eigenvalue weighted by Gasteiger charge is 2.40. The van der Waals surface area contributed by atoms with Crippen molar-refractivity contribution in [2.24, 2.45) is 0 Å². The molecule has 0 radical (unpaired) electrons. The van der Waals surface area contributed by atoms with E-state index >= 15 is 0 Å². The van der Waals surface area contributed by atoms with E-state index in [0.29, 0.717) is 6.61 Å². The number of carbonyl (C=O) groups is 1. The number of hydrogen-bond donors (Lipinski definition) is 1. The van der Waals surface area contributed by atoms with Gasteiger partial charge in [0.1, 0.15) is 24.1 Å². The molecule has 0 bridgehead atoms. The number of nitrogens with zero attached hydrogens (tertiary/aromatic N) is 2. The molecule has 2 unspecified atom stereocenters. The van der Waals surface area contributed by atoms with Gasteiger partial charge in [0.2, 0.25) is 6.35 Å². The van der Waals surface area contributed by atoms with E-state index in [4.69, 9.17) is 24.3 Å². The fourth-order valence-electron chi connectivity index (χ4n) is 3.07. The molecule has 32 heavy (non-hydrogen) atoms. The molecule has 10 nitrogen and oxygen atoms in total. The smallest absolute Gasteiger partial charge is 0.349 e. The van der Waals surface area contributed by atoms with Gasteiger partial charge in [0.15, 0.2) is 5.75 Å². The third-order valence-electron chi connectivity index (χ3n) is 4.80. The summed E-state index contributed by atoms with van der Waals surface area (Å²) in [7, 11) is -3.66. The van der Waals surface area contributed by atoms with E-state index in [2.05, 4.69) is 11.9 Å². The van der Waals surface area contributed by atoms with Crippen LogP contribution < -0.4 is 20.8 Å². The average molecular weight is 465 g/mol. The number of rotatable bonds is 10. The Morgan fingerprint density at radius 3 is 2.84 bits per heavy atom. The van der Waals surface area contributed by atoms with E-state index in [0.717, 1.165) is 25.7 Å². The summed E-state index contributed by atoms with van der Waals surface area (Å²) in [6, 6.07) is 7.90. The number of nitrogens with two attached hydrogens (primary N) is 1. The number of nitrogen functional groups attached to an aromatic ring is 1. The molecule has 1 aliphatic rings. The van der Waals surface area contributed by atoms with Crippen LogP contribution in [-0.2, 0) is 20.5 Å². The number of aromatic nitrogens is 2. The molecule has 0 saturated carbocycles. The predicted octanol–water partition coefficient (Wildman–Crippen LogP) is 2.14. The van der Waals surface area contributed by atoms with E-state index in [9.17, 15) is 14.5 Å². The third-order valence-corrected chi connectivity index (χ3v) is 6.28. The zero-order valence-electron chi connectivity index (χ0n) is 18.0. The number of hydrogen-bond acceptors (Lipinski definition) is 9. The number of esters is 1. The maximum Gasteiger partial charge on any atom is 0.349 e. The van der Waals surface area contributed by atoms with E-state index in [1.54, 1.807) is 18.2 Å². The van der Waals surface area contributed by atoms with Crippen molar-refractivity contribution in [2.45, 2.75) is 45.3 Å². The minimum Gasteiger partial charge on any atom is -0.622 e. The van der Waals surface area contributed by atoms with Crippen molar-refractivity contribution in [3.63, 3.8) is 0 Å². The fraction of sp³-hybridized carbons (Fsp3) is 0.476. The first-order chi connectivity index (χ1) is 15.4. The number of anilines is 1. The molecular weight excluding hydrogens is 437 g/mol. The average Bonchev–Trinajstić information content (AvgIpc) is 2.77. The Labute approximate surface area is 186 Å². The van der Waals surface area contributed by atoms with Gasteiger partial charge >= 0.3 is 19.6 Å². The lowest BCUT2D eigenvalue weighted by Gasteiger charge is -2.34. The van der Waals surface area contributed by atoms with Gasteiger partial charge in [0, 0.05) is 6.20 Å². The molecule has 1 saturated heterocycles. The molecule has 11 heteroatoms. The minimum atomic E-state index is -3.66. The van der Waals surface area contributed by atoms with Gasteiger partial charge in [-0.15, -0.1) is 0 Å². The topological polar surface area (TPSA) is 138 Å². The molecule has 2 aromatic rings. The SMILES string of the molecule is CCCCCCOC(=O)c1ccccc1O[P+]1([O-])COC(Cn2ccc(N)nc2=O)CO1. The third kappa shape index (κ3) is 6.74. The molecule has 3 rings (SSSR count). The van der Waals surface area contributed by atoms with Gasteiger partial charge in [-0.1, -0.05) is 38.3 Å². The van der Waals surface area contributed by atoms with Crippen molar-refractivity contribution in [2.75, 3.05) is 25.3 Å². The van der Waals surface area contributed by atoms with Gasteiger partial charge in [0.05, 0.1) is 13.2 Å². The summed E-state index contributed by atoms with van der Waals surface area (Å²) in [5.41, 5.74) is 5.14. The first kappa shape index (κ1) is 24.1. The first-order valence-corrected chi connectivity index (χ1v) is 12.3. The van der Waals surface area contributed by atoms with Gasteiger partial charge in [-0.2, -0.15) is 9.51 Å². The van der Waals surface area contributed by atoms with Crippen LogP contribution in [0.2, 0.25) is 0 Å². The summed E-state index contributed by atoms with van der Waals surface area (Å²) in [6.45, 7) is 2.52. The van der Waals surface area contributed by atoms with Crippen molar-refractivity contribution in [3.05, 3.63) is 52.6 Å². The Hall–Kier alpha value is -2.52. The van der Waals surface area contributed by atoms with E-state index in [-0.39, 0.29) is 36.6 Å². The minimum absolute atomic E-state index is 0.0574. The second-order valence-electron chi connectivity index (χ2n) is 7.40. The second kappa shape index (κ2) is 11.4. The molecule has 1 aromatic carbocycles. The van der Waals surface area contributed by atoms with Gasteiger partial charge < -0.3 is 24.6 Å². The lowest BCUT2D eigenvalue weighted by atomic mass is 10.2. The lowest BCUT2D eigenvalue weighted by Crippen LogP contribution is -2.39. The molecule has 2 N–H and O–H groups in total. The van der Waals surface area contributed by atoms with Gasteiger partial charge in [0.25, 0.3) is 0 Å². The van der Waals surface area contributed by atoms with Crippen molar-refractivity contribution in [1.29, 1.82) is 0 Å². The number of para-hydroxylation sites is 1. The molecule has 0 spiro atoms. The number of unbranched alkanes of at least 4 members (excludes halogenated alkanes) is 3. The van der Waals surface area contributed by atoms with Crippen molar-refractivity contribution in [1.82, 2.24) is 9.55 Å². The molecule has 0 amide bonds. The predicted molar refractivity (Wildman–Crippen MR) is 117 cm³/mol. The van der Waals surface area contributed by atoms with Gasteiger partial charge in [-0.25, -0.2) is 9.59 Å². The second-order valence-corrected chi connectivity index (χ2v) is 9.32. The summed E-state index contributed by atoms with van der Waals surface area (Å²) < 4.78 is 23.3. The summed E-state index contributed by atoms with van der Waals surface area (Å²) in [4.78, 5) is 41.0. The first-order valence-electron chi connectivity index (χ1n) is 10.5. The van der Waals surface area contributed by atoms with Crippen LogP contribution in [0.15, 0.2) is 41.3 Å². The highest BCUT2D eigenvalue weighted by molar-refractivity contribution is 7.59.